The molecular formula is C26H22ClFN4O. The lowest BCUT2D eigenvalue weighted by atomic mass is 10.1. The number of amides is 1. The summed E-state index contributed by atoms with van der Waals surface area (Å²) in [6.45, 7) is 4.32. The maximum absolute atomic E-state index is 13.6. The van der Waals surface area contributed by atoms with E-state index >= 15 is 0 Å². The Hall–Kier alpha value is -3.51. The molecule has 0 aliphatic carbocycles. The molecule has 0 spiro atoms. The molecule has 1 aliphatic rings. The first-order chi connectivity index (χ1) is 16.0. The molecule has 1 amide bonds. The van der Waals surface area contributed by atoms with Gasteiger partial charge in [0.2, 0.25) is 0 Å². The number of aryl methyl sites for hydroxylation is 1. The maximum atomic E-state index is 13.6. The van der Waals surface area contributed by atoms with Gasteiger partial charge >= 0.3 is 0 Å². The first-order valence-electron chi connectivity index (χ1n) is 10.8. The van der Waals surface area contributed by atoms with Crippen molar-refractivity contribution < 1.29 is 9.18 Å². The summed E-state index contributed by atoms with van der Waals surface area (Å²) >= 11 is 6.25. The summed E-state index contributed by atoms with van der Waals surface area (Å²) in [5.74, 6) is 0.895. The van der Waals surface area contributed by atoms with Crippen molar-refractivity contribution in [2.45, 2.75) is 6.92 Å². The van der Waals surface area contributed by atoms with Gasteiger partial charge in [-0.2, -0.15) is 0 Å². The molecule has 5 nitrogen and oxygen atoms in total. The second-order valence-electron chi connectivity index (χ2n) is 8.19. The van der Waals surface area contributed by atoms with Crippen LogP contribution in [0.25, 0.3) is 22.3 Å². The SMILES string of the molecule is Cc1ccc(-c2nc(N3CCN(C(=O)c4cccc(F)c4)CC3)c3ccc(Cl)cc3n2)cc1. The zero-order chi connectivity index (χ0) is 22.9. The van der Waals surface area contributed by atoms with Crippen LogP contribution >= 0.6 is 11.6 Å². The Kier molecular flexibility index (Phi) is 5.68. The number of halogens is 2. The van der Waals surface area contributed by atoms with Crippen LogP contribution in [0.3, 0.4) is 0 Å². The van der Waals surface area contributed by atoms with Gasteiger partial charge in [0.25, 0.3) is 5.91 Å². The number of carbonyl (C=O) groups is 1. The van der Waals surface area contributed by atoms with Crippen LogP contribution in [0, 0.1) is 12.7 Å². The van der Waals surface area contributed by atoms with Gasteiger partial charge in [0.15, 0.2) is 5.82 Å². The zero-order valence-electron chi connectivity index (χ0n) is 18.1. The Morgan fingerprint density at radius 3 is 2.42 bits per heavy atom. The second kappa shape index (κ2) is 8.79. The summed E-state index contributed by atoms with van der Waals surface area (Å²) in [6.07, 6.45) is 0. The largest absolute Gasteiger partial charge is 0.352 e. The number of aromatic nitrogens is 2. The van der Waals surface area contributed by atoms with Crippen LogP contribution in [0.5, 0.6) is 0 Å². The molecule has 7 heteroatoms. The third-order valence-corrected chi connectivity index (χ3v) is 6.12. The van der Waals surface area contributed by atoms with E-state index in [1.54, 1.807) is 17.0 Å². The van der Waals surface area contributed by atoms with Crippen molar-refractivity contribution in [3.63, 3.8) is 0 Å². The van der Waals surface area contributed by atoms with Gasteiger partial charge in [-0.3, -0.25) is 4.79 Å². The number of piperazine rings is 1. The molecule has 2 heterocycles. The second-order valence-corrected chi connectivity index (χ2v) is 8.62. The van der Waals surface area contributed by atoms with Crippen molar-refractivity contribution in [3.05, 3.63) is 88.7 Å². The normalized spacial score (nSPS) is 14.0. The van der Waals surface area contributed by atoms with E-state index in [0.29, 0.717) is 42.6 Å². The van der Waals surface area contributed by atoms with E-state index in [9.17, 15) is 9.18 Å². The summed E-state index contributed by atoms with van der Waals surface area (Å²) in [4.78, 5) is 26.4. The Morgan fingerprint density at radius 2 is 1.70 bits per heavy atom. The average Bonchev–Trinajstić information content (AvgIpc) is 2.83. The average molecular weight is 461 g/mol. The highest BCUT2D eigenvalue weighted by atomic mass is 35.5. The smallest absolute Gasteiger partial charge is 0.254 e. The highest BCUT2D eigenvalue weighted by Crippen LogP contribution is 2.30. The Bertz CT molecular complexity index is 1330. The molecule has 0 unspecified atom stereocenters. The van der Waals surface area contributed by atoms with E-state index in [0.717, 1.165) is 22.3 Å². The van der Waals surface area contributed by atoms with E-state index in [4.69, 9.17) is 21.6 Å². The number of benzene rings is 3. The molecule has 0 radical (unpaired) electrons. The number of nitrogens with zero attached hydrogens (tertiary/aromatic N) is 4. The lowest BCUT2D eigenvalue weighted by molar-refractivity contribution is 0.0746. The van der Waals surface area contributed by atoms with Gasteiger partial charge < -0.3 is 9.80 Å². The number of anilines is 1. The monoisotopic (exact) mass is 460 g/mol. The predicted octanol–water partition coefficient (Wildman–Crippen LogP) is 5.36. The molecule has 0 saturated carbocycles. The molecule has 4 aromatic rings. The minimum absolute atomic E-state index is 0.158. The van der Waals surface area contributed by atoms with E-state index in [2.05, 4.69) is 4.90 Å². The van der Waals surface area contributed by atoms with Crippen LogP contribution in [0.1, 0.15) is 15.9 Å². The van der Waals surface area contributed by atoms with Crippen LogP contribution in [-0.2, 0) is 0 Å². The molecule has 33 heavy (non-hydrogen) atoms. The predicted molar refractivity (Wildman–Crippen MR) is 129 cm³/mol. The Labute approximate surface area is 196 Å². The fraction of sp³-hybridized carbons (Fsp3) is 0.192. The van der Waals surface area contributed by atoms with E-state index in [1.165, 1.54) is 17.7 Å². The van der Waals surface area contributed by atoms with Crippen LogP contribution in [0.4, 0.5) is 10.2 Å². The molecule has 1 saturated heterocycles. The topological polar surface area (TPSA) is 49.3 Å². The number of hydrogen-bond acceptors (Lipinski definition) is 4. The van der Waals surface area contributed by atoms with Crippen LogP contribution in [0.2, 0.25) is 5.02 Å². The molecule has 3 aromatic carbocycles. The van der Waals surface area contributed by atoms with E-state index in [1.807, 2.05) is 49.4 Å². The van der Waals surface area contributed by atoms with Gasteiger partial charge in [-0.15, -0.1) is 0 Å². The van der Waals surface area contributed by atoms with Gasteiger partial charge in [-0.05, 0) is 43.3 Å². The van der Waals surface area contributed by atoms with E-state index in [-0.39, 0.29) is 5.91 Å². The van der Waals surface area contributed by atoms with Gasteiger partial charge in [0.05, 0.1) is 5.52 Å². The Morgan fingerprint density at radius 1 is 0.939 bits per heavy atom. The Balaban J connectivity index is 1.45. The van der Waals surface area contributed by atoms with Crippen molar-refractivity contribution in [1.29, 1.82) is 0 Å². The van der Waals surface area contributed by atoms with E-state index < -0.39 is 5.82 Å². The molecule has 1 fully saturated rings. The summed E-state index contributed by atoms with van der Waals surface area (Å²) in [5, 5.41) is 1.53. The molecule has 0 bridgehead atoms. The molecule has 1 aliphatic heterocycles. The van der Waals surface area contributed by atoms with Crippen molar-refractivity contribution in [3.8, 4) is 11.4 Å². The lowest BCUT2D eigenvalue weighted by Gasteiger charge is -2.36. The zero-order valence-corrected chi connectivity index (χ0v) is 18.9. The summed E-state index contributed by atoms with van der Waals surface area (Å²) in [5.41, 5.74) is 3.25. The fourth-order valence-corrected chi connectivity index (χ4v) is 4.25. The molecule has 166 valence electrons. The number of rotatable bonds is 3. The molecule has 0 N–H and O–H groups in total. The summed E-state index contributed by atoms with van der Waals surface area (Å²) < 4.78 is 13.6. The first-order valence-corrected chi connectivity index (χ1v) is 11.2. The molecule has 5 rings (SSSR count). The van der Waals surface area contributed by atoms with Gasteiger partial charge in [-0.25, -0.2) is 14.4 Å². The third-order valence-electron chi connectivity index (χ3n) is 5.89. The fourth-order valence-electron chi connectivity index (χ4n) is 4.08. The van der Waals surface area contributed by atoms with Crippen LogP contribution in [-0.4, -0.2) is 47.0 Å². The minimum atomic E-state index is -0.408. The summed E-state index contributed by atoms with van der Waals surface area (Å²) in [6, 6.07) is 19.6. The van der Waals surface area contributed by atoms with Crippen LogP contribution in [0.15, 0.2) is 66.7 Å². The maximum Gasteiger partial charge on any atom is 0.254 e. The number of fused-ring (bicyclic) bond motifs is 1. The van der Waals surface area contributed by atoms with Crippen molar-refractivity contribution in [2.75, 3.05) is 31.1 Å². The van der Waals surface area contributed by atoms with Crippen molar-refractivity contribution in [2.24, 2.45) is 0 Å². The highest BCUT2D eigenvalue weighted by Gasteiger charge is 2.25. The first kappa shape index (κ1) is 21.3. The molecular weight excluding hydrogens is 439 g/mol. The standard InChI is InChI=1S/C26H22ClFN4O/c1-17-5-7-18(8-6-17)24-29-23-16-20(27)9-10-22(23)25(30-24)31-11-13-32(14-12-31)26(33)19-3-2-4-21(28)15-19/h2-10,15-16H,11-14H2,1H3. The van der Waals surface area contributed by atoms with Gasteiger partial charge in [0.1, 0.15) is 11.6 Å². The minimum Gasteiger partial charge on any atom is -0.352 e. The van der Waals surface area contributed by atoms with Crippen molar-refractivity contribution >= 4 is 34.2 Å². The lowest BCUT2D eigenvalue weighted by Crippen LogP contribution is -2.49. The highest BCUT2D eigenvalue weighted by molar-refractivity contribution is 6.31. The summed E-state index contributed by atoms with van der Waals surface area (Å²) in [7, 11) is 0. The number of hydrogen-bond donors (Lipinski definition) is 0. The molecule has 0 atom stereocenters. The number of carbonyl (C=O) groups excluding carboxylic acids is 1. The van der Waals surface area contributed by atoms with Crippen LogP contribution < -0.4 is 4.90 Å². The third kappa shape index (κ3) is 4.39. The molecule has 1 aromatic heterocycles. The van der Waals surface area contributed by atoms with Gasteiger partial charge in [0, 0.05) is 47.7 Å². The quantitative estimate of drug-likeness (QED) is 0.413. The van der Waals surface area contributed by atoms with Gasteiger partial charge in [-0.1, -0.05) is 47.5 Å². The van der Waals surface area contributed by atoms with Crippen molar-refractivity contribution in [1.82, 2.24) is 14.9 Å².